The molecule has 40 heavy (non-hydrogen) atoms. The van der Waals surface area contributed by atoms with Crippen molar-refractivity contribution in [3.05, 3.63) is 112 Å². The molecule has 2 aromatic carbocycles. The molecule has 9 nitrogen and oxygen atoms in total. The highest BCUT2D eigenvalue weighted by molar-refractivity contribution is 6.06. The van der Waals surface area contributed by atoms with Crippen LogP contribution in [0.5, 0.6) is 0 Å². The fourth-order valence-corrected chi connectivity index (χ4v) is 5.00. The zero-order valence-electron chi connectivity index (χ0n) is 22.5. The molecule has 1 atom stereocenters. The summed E-state index contributed by atoms with van der Waals surface area (Å²) < 4.78 is 12.2. The van der Waals surface area contributed by atoms with Gasteiger partial charge in [0.25, 0.3) is 0 Å². The number of hydrogen-bond donors (Lipinski definition) is 1. The van der Waals surface area contributed by atoms with E-state index in [0.717, 1.165) is 22.3 Å². The number of allylic oxidation sites excluding steroid dienone is 1. The molecular weight excluding hydrogens is 506 g/mol. The molecule has 2 N–H and O–H groups in total. The molecule has 9 heteroatoms. The van der Waals surface area contributed by atoms with Crippen molar-refractivity contribution in [2.24, 2.45) is 5.73 Å². The van der Waals surface area contributed by atoms with Crippen molar-refractivity contribution in [2.45, 2.75) is 19.8 Å². The van der Waals surface area contributed by atoms with Gasteiger partial charge in [-0.05, 0) is 48.7 Å². The van der Waals surface area contributed by atoms with Crippen molar-refractivity contribution in [1.29, 1.82) is 5.26 Å². The Bertz CT molecular complexity index is 1760. The summed E-state index contributed by atoms with van der Waals surface area (Å²) in [6, 6.07) is 20.7. The van der Waals surface area contributed by atoms with Crippen molar-refractivity contribution in [3.8, 4) is 17.3 Å². The number of fused-ring (bicyclic) bond motifs is 1. The third-order valence-electron chi connectivity index (χ3n) is 6.97. The average Bonchev–Trinajstić information content (AvgIpc) is 3.39. The van der Waals surface area contributed by atoms with Gasteiger partial charge < -0.3 is 19.6 Å². The van der Waals surface area contributed by atoms with Crippen LogP contribution in [-0.2, 0) is 19.1 Å². The molecule has 0 bridgehead atoms. The summed E-state index contributed by atoms with van der Waals surface area (Å²) in [6.45, 7) is 3.85. The summed E-state index contributed by atoms with van der Waals surface area (Å²) in [6.07, 6.45) is 3.84. The topological polar surface area (TPSA) is 123 Å². The number of pyridine rings is 1. The highest BCUT2D eigenvalue weighted by Gasteiger charge is 2.43. The van der Waals surface area contributed by atoms with Gasteiger partial charge in [-0.15, -0.1) is 0 Å². The Morgan fingerprint density at radius 1 is 1.00 bits per heavy atom. The van der Waals surface area contributed by atoms with Crippen molar-refractivity contribution in [1.82, 2.24) is 9.38 Å². The van der Waals surface area contributed by atoms with Crippen LogP contribution < -0.4 is 10.6 Å². The van der Waals surface area contributed by atoms with Crippen molar-refractivity contribution < 1.29 is 19.1 Å². The number of nitrogens with zero attached hydrogens (tertiary/aromatic N) is 4. The molecule has 0 radical (unpaired) electrons. The monoisotopic (exact) mass is 533 g/mol. The number of imidazole rings is 1. The molecular formula is C31H27N5O4. The van der Waals surface area contributed by atoms with Gasteiger partial charge in [0, 0.05) is 18.0 Å². The Balaban J connectivity index is 1.78. The molecule has 0 saturated carbocycles. The lowest BCUT2D eigenvalue weighted by atomic mass is 9.80. The normalized spacial score (nSPS) is 15.3. The molecule has 2 aromatic heterocycles. The SMILES string of the molecule is COC(=O)C1=C(C(=O)OC)N(c2cc(-c3cn4ccc(C)cc4n3)ccc2C)C(N)=C(C#N)C1c1ccccc1. The maximum atomic E-state index is 13.4. The minimum Gasteiger partial charge on any atom is -0.466 e. The average molecular weight is 534 g/mol. The van der Waals surface area contributed by atoms with Gasteiger partial charge in [0.05, 0.1) is 48.7 Å². The van der Waals surface area contributed by atoms with Gasteiger partial charge in [-0.1, -0.05) is 42.5 Å². The van der Waals surface area contributed by atoms with E-state index in [9.17, 15) is 14.9 Å². The minimum absolute atomic E-state index is 0.00952. The van der Waals surface area contributed by atoms with Crippen molar-refractivity contribution >= 4 is 23.3 Å². The second-order valence-corrected chi connectivity index (χ2v) is 9.43. The fraction of sp³-hybridized carbons (Fsp3) is 0.161. The Kier molecular flexibility index (Phi) is 6.84. The first-order chi connectivity index (χ1) is 19.3. The lowest BCUT2D eigenvalue weighted by Gasteiger charge is -2.36. The number of methoxy groups -OCH3 is 2. The van der Waals surface area contributed by atoms with Gasteiger partial charge >= 0.3 is 11.9 Å². The number of anilines is 1. The minimum atomic E-state index is -0.936. The Morgan fingerprint density at radius 2 is 1.73 bits per heavy atom. The van der Waals surface area contributed by atoms with Crippen LogP contribution in [0.25, 0.3) is 16.9 Å². The van der Waals surface area contributed by atoms with Crippen LogP contribution in [0.4, 0.5) is 5.69 Å². The number of hydrogen-bond acceptors (Lipinski definition) is 8. The van der Waals surface area contributed by atoms with Gasteiger partial charge in [-0.2, -0.15) is 5.26 Å². The predicted molar refractivity (Wildman–Crippen MR) is 150 cm³/mol. The van der Waals surface area contributed by atoms with Crippen LogP contribution in [0.1, 0.15) is 22.6 Å². The molecule has 4 aromatic rings. The molecule has 1 unspecified atom stereocenters. The number of carbonyl (C=O) groups is 2. The summed E-state index contributed by atoms with van der Waals surface area (Å²) >= 11 is 0. The first-order valence-electron chi connectivity index (χ1n) is 12.5. The predicted octanol–water partition coefficient (Wildman–Crippen LogP) is 4.52. The molecule has 0 fully saturated rings. The smallest absolute Gasteiger partial charge is 0.355 e. The van der Waals surface area contributed by atoms with E-state index >= 15 is 0 Å². The number of aryl methyl sites for hydroxylation is 2. The van der Waals surface area contributed by atoms with Crippen molar-refractivity contribution in [2.75, 3.05) is 19.1 Å². The number of carbonyl (C=O) groups excluding carboxylic acids is 2. The quantitative estimate of drug-likeness (QED) is 0.372. The summed E-state index contributed by atoms with van der Waals surface area (Å²) in [5.41, 5.74) is 11.8. The molecule has 1 aliphatic heterocycles. The Morgan fingerprint density at radius 3 is 2.40 bits per heavy atom. The van der Waals surface area contributed by atoms with Crippen LogP contribution in [0.2, 0.25) is 0 Å². The highest BCUT2D eigenvalue weighted by Crippen LogP contribution is 2.44. The first-order valence-corrected chi connectivity index (χ1v) is 12.5. The lowest BCUT2D eigenvalue weighted by Crippen LogP contribution is -2.41. The molecule has 5 rings (SSSR count). The van der Waals surface area contributed by atoms with E-state index in [1.165, 1.54) is 19.1 Å². The van der Waals surface area contributed by atoms with Gasteiger partial charge in [0.1, 0.15) is 17.2 Å². The maximum Gasteiger partial charge on any atom is 0.355 e. The maximum absolute atomic E-state index is 13.4. The van der Waals surface area contributed by atoms with Gasteiger partial charge in [0.2, 0.25) is 0 Å². The summed E-state index contributed by atoms with van der Waals surface area (Å²) in [4.78, 5) is 32.9. The number of benzene rings is 2. The van der Waals surface area contributed by atoms with Gasteiger partial charge in [-0.25, -0.2) is 14.6 Å². The summed E-state index contributed by atoms with van der Waals surface area (Å²) in [5.74, 6) is -2.50. The molecule has 200 valence electrons. The molecule has 0 saturated heterocycles. The van der Waals surface area contributed by atoms with Gasteiger partial charge in [0.15, 0.2) is 0 Å². The zero-order chi connectivity index (χ0) is 28.6. The van der Waals surface area contributed by atoms with Crippen LogP contribution in [-0.4, -0.2) is 35.5 Å². The van der Waals surface area contributed by atoms with Gasteiger partial charge in [-0.3, -0.25) is 4.90 Å². The van der Waals surface area contributed by atoms with E-state index in [2.05, 4.69) is 6.07 Å². The summed E-state index contributed by atoms with van der Waals surface area (Å²) in [7, 11) is 2.45. The zero-order valence-corrected chi connectivity index (χ0v) is 22.5. The molecule has 1 aliphatic rings. The van der Waals surface area contributed by atoms with E-state index in [1.807, 2.05) is 67.0 Å². The van der Waals surface area contributed by atoms with E-state index in [4.69, 9.17) is 20.2 Å². The number of aromatic nitrogens is 2. The Hall–Kier alpha value is -5.36. The number of nitriles is 1. The third-order valence-corrected chi connectivity index (χ3v) is 6.97. The van der Waals surface area contributed by atoms with Crippen LogP contribution in [0.15, 0.2) is 95.7 Å². The molecule has 0 amide bonds. The fourth-order valence-electron chi connectivity index (χ4n) is 5.00. The first kappa shape index (κ1) is 26.3. The highest BCUT2D eigenvalue weighted by atomic mass is 16.5. The number of nitrogens with two attached hydrogens (primary N) is 1. The lowest BCUT2D eigenvalue weighted by molar-refractivity contribution is -0.139. The number of ether oxygens (including phenoxy) is 2. The van der Waals surface area contributed by atoms with E-state index in [0.29, 0.717) is 16.9 Å². The van der Waals surface area contributed by atoms with E-state index in [1.54, 1.807) is 24.3 Å². The second-order valence-electron chi connectivity index (χ2n) is 9.43. The standard InChI is InChI=1S/C31H27N5O4/c1-18-12-13-35-17-23(34-25(35)14-18)21-11-10-19(2)24(15-21)36-28(31(38)40-4)27(30(37)39-3)26(22(16-32)29(36)33)20-8-6-5-7-9-20/h5-15,17,26H,33H2,1-4H3. The molecule has 3 heterocycles. The number of rotatable bonds is 5. The number of esters is 2. The van der Waals surface area contributed by atoms with Crippen LogP contribution in [0.3, 0.4) is 0 Å². The summed E-state index contributed by atoms with van der Waals surface area (Å²) in [5, 5.41) is 10.3. The second kappa shape index (κ2) is 10.4. The largest absolute Gasteiger partial charge is 0.466 e. The molecule has 0 spiro atoms. The van der Waals surface area contributed by atoms with Crippen LogP contribution >= 0.6 is 0 Å². The third kappa shape index (κ3) is 4.35. The van der Waals surface area contributed by atoms with Crippen molar-refractivity contribution in [3.63, 3.8) is 0 Å². The molecule has 0 aliphatic carbocycles. The van der Waals surface area contributed by atoms with Crippen LogP contribution in [0, 0.1) is 25.2 Å². The Labute approximate surface area is 231 Å². The van der Waals surface area contributed by atoms with E-state index in [-0.39, 0.29) is 22.7 Å². The van der Waals surface area contributed by atoms with E-state index < -0.39 is 17.9 Å².